The molecule has 0 aromatic heterocycles. The van der Waals surface area contributed by atoms with Crippen molar-refractivity contribution in [3.63, 3.8) is 0 Å². The van der Waals surface area contributed by atoms with Crippen molar-refractivity contribution in [1.29, 1.82) is 0 Å². The Balaban J connectivity index is 1.93. The number of nitrogens with zero attached hydrogens (tertiary/aromatic N) is 1. The summed E-state index contributed by atoms with van der Waals surface area (Å²) in [5.41, 5.74) is 0.521. The molecule has 0 spiro atoms. The summed E-state index contributed by atoms with van der Waals surface area (Å²) in [6.07, 6.45) is 12.8. The first-order valence-corrected chi connectivity index (χ1v) is 8.61. The molecule has 2 heteroatoms. The van der Waals surface area contributed by atoms with Crippen molar-refractivity contribution >= 4 is 12.6 Å². The largest absolute Gasteiger partial charge is 0.303 e. The zero-order valence-corrected chi connectivity index (χ0v) is 13.2. The highest BCUT2D eigenvalue weighted by atomic mass is 32.1. The Morgan fingerprint density at radius 2 is 1.72 bits per heavy atom. The molecule has 2 aliphatic carbocycles. The van der Waals surface area contributed by atoms with Crippen LogP contribution >= 0.6 is 12.6 Å². The predicted octanol–water partition coefficient (Wildman–Crippen LogP) is 4.38. The summed E-state index contributed by atoms with van der Waals surface area (Å²) >= 11 is 4.68. The van der Waals surface area contributed by atoms with Crippen LogP contribution in [0.4, 0.5) is 0 Å². The van der Waals surface area contributed by atoms with Gasteiger partial charge in [0.05, 0.1) is 0 Å². The number of rotatable bonds is 4. The quantitative estimate of drug-likeness (QED) is 0.741. The van der Waals surface area contributed by atoms with Gasteiger partial charge in [-0.3, -0.25) is 0 Å². The Kier molecular flexibility index (Phi) is 5.44. The average Bonchev–Trinajstić information content (AvgIpc) is 2.40. The molecule has 2 saturated carbocycles. The summed E-state index contributed by atoms with van der Waals surface area (Å²) in [7, 11) is 2.37. The maximum Gasteiger partial charge on any atom is 0.0118 e. The lowest BCUT2D eigenvalue weighted by atomic mass is 9.74. The second kappa shape index (κ2) is 6.65. The normalized spacial score (nSPS) is 32.7. The summed E-state index contributed by atoms with van der Waals surface area (Å²) < 4.78 is 0. The molecule has 0 aliphatic heterocycles. The standard InChI is InChI=1S/C16H31NS/c1-14-8-4-5-9-15(14)17(2)12-16(13-18)10-6-3-7-11-16/h14-15,18H,3-13H2,1-2H3. The monoisotopic (exact) mass is 269 g/mol. The van der Waals surface area contributed by atoms with E-state index in [0.29, 0.717) is 5.41 Å². The molecule has 1 nitrogen and oxygen atoms in total. The molecule has 0 amide bonds. The van der Waals surface area contributed by atoms with Crippen LogP contribution in [-0.2, 0) is 0 Å². The molecule has 2 rings (SSSR count). The van der Waals surface area contributed by atoms with Crippen molar-refractivity contribution in [3.05, 3.63) is 0 Å². The van der Waals surface area contributed by atoms with Crippen LogP contribution in [0.25, 0.3) is 0 Å². The molecular formula is C16H31NS. The molecule has 0 saturated heterocycles. The molecule has 2 fully saturated rings. The first-order valence-electron chi connectivity index (χ1n) is 7.98. The lowest BCUT2D eigenvalue weighted by Gasteiger charge is -2.44. The van der Waals surface area contributed by atoms with Crippen molar-refractivity contribution in [1.82, 2.24) is 4.90 Å². The molecule has 2 atom stereocenters. The van der Waals surface area contributed by atoms with Gasteiger partial charge >= 0.3 is 0 Å². The minimum Gasteiger partial charge on any atom is -0.303 e. The Hall–Kier alpha value is 0.310. The summed E-state index contributed by atoms with van der Waals surface area (Å²) in [4.78, 5) is 2.69. The van der Waals surface area contributed by atoms with Gasteiger partial charge in [0.2, 0.25) is 0 Å². The van der Waals surface area contributed by atoms with E-state index in [0.717, 1.165) is 17.7 Å². The van der Waals surface area contributed by atoms with E-state index in [-0.39, 0.29) is 0 Å². The van der Waals surface area contributed by atoms with Crippen LogP contribution in [0.5, 0.6) is 0 Å². The molecule has 0 radical (unpaired) electrons. The molecule has 106 valence electrons. The second-order valence-corrected chi connectivity index (χ2v) is 7.28. The van der Waals surface area contributed by atoms with Crippen LogP contribution in [0.3, 0.4) is 0 Å². The van der Waals surface area contributed by atoms with E-state index in [1.807, 2.05) is 0 Å². The van der Waals surface area contributed by atoms with E-state index < -0.39 is 0 Å². The average molecular weight is 269 g/mol. The Labute approximate surface area is 119 Å². The van der Waals surface area contributed by atoms with Crippen molar-refractivity contribution in [3.8, 4) is 0 Å². The maximum atomic E-state index is 4.68. The van der Waals surface area contributed by atoms with Crippen molar-refractivity contribution in [2.45, 2.75) is 70.8 Å². The summed E-state index contributed by atoms with van der Waals surface area (Å²) in [6, 6.07) is 0.831. The minimum absolute atomic E-state index is 0.521. The summed E-state index contributed by atoms with van der Waals surface area (Å²) in [5.74, 6) is 1.97. The number of hydrogen-bond donors (Lipinski definition) is 1. The minimum atomic E-state index is 0.521. The van der Waals surface area contributed by atoms with E-state index in [9.17, 15) is 0 Å². The lowest BCUT2D eigenvalue weighted by Crippen LogP contribution is -2.46. The number of thiol groups is 1. The highest BCUT2D eigenvalue weighted by molar-refractivity contribution is 7.80. The third-order valence-corrected chi connectivity index (χ3v) is 6.14. The Morgan fingerprint density at radius 3 is 2.33 bits per heavy atom. The lowest BCUT2D eigenvalue weighted by molar-refractivity contribution is 0.0734. The van der Waals surface area contributed by atoms with Gasteiger partial charge in [0.1, 0.15) is 0 Å². The summed E-state index contributed by atoms with van der Waals surface area (Å²) in [5, 5.41) is 0. The number of hydrogen-bond acceptors (Lipinski definition) is 2. The van der Waals surface area contributed by atoms with Crippen LogP contribution in [0, 0.1) is 11.3 Å². The molecule has 0 N–H and O–H groups in total. The van der Waals surface area contributed by atoms with Crippen LogP contribution in [-0.4, -0.2) is 30.3 Å². The van der Waals surface area contributed by atoms with E-state index >= 15 is 0 Å². The zero-order chi connectivity index (χ0) is 13.0. The smallest absolute Gasteiger partial charge is 0.0118 e. The van der Waals surface area contributed by atoms with Gasteiger partial charge in [-0.05, 0) is 49.8 Å². The third-order valence-electron chi connectivity index (χ3n) is 5.47. The van der Waals surface area contributed by atoms with E-state index in [1.54, 1.807) is 0 Å². The van der Waals surface area contributed by atoms with Crippen molar-refractivity contribution in [2.75, 3.05) is 19.3 Å². The van der Waals surface area contributed by atoms with Gasteiger partial charge in [0.15, 0.2) is 0 Å². The van der Waals surface area contributed by atoms with Gasteiger partial charge in [-0.15, -0.1) is 0 Å². The predicted molar refractivity (Wildman–Crippen MR) is 83.4 cm³/mol. The van der Waals surface area contributed by atoms with Crippen LogP contribution in [0.15, 0.2) is 0 Å². The van der Waals surface area contributed by atoms with Crippen LogP contribution < -0.4 is 0 Å². The van der Waals surface area contributed by atoms with Gasteiger partial charge in [-0.1, -0.05) is 39.0 Å². The Morgan fingerprint density at radius 1 is 1.06 bits per heavy atom. The van der Waals surface area contributed by atoms with E-state index in [4.69, 9.17) is 0 Å². The highest BCUT2D eigenvalue weighted by Crippen LogP contribution is 2.39. The first kappa shape index (κ1) is 14.7. The fraction of sp³-hybridized carbons (Fsp3) is 1.00. The van der Waals surface area contributed by atoms with Gasteiger partial charge < -0.3 is 4.90 Å². The van der Waals surface area contributed by atoms with Crippen molar-refractivity contribution < 1.29 is 0 Å². The molecular weight excluding hydrogens is 238 g/mol. The van der Waals surface area contributed by atoms with Gasteiger partial charge in [-0.2, -0.15) is 12.6 Å². The zero-order valence-electron chi connectivity index (χ0n) is 12.3. The fourth-order valence-corrected chi connectivity index (χ4v) is 4.68. The molecule has 18 heavy (non-hydrogen) atoms. The first-order chi connectivity index (χ1) is 8.67. The van der Waals surface area contributed by atoms with E-state index in [1.165, 1.54) is 64.3 Å². The highest BCUT2D eigenvalue weighted by Gasteiger charge is 2.35. The van der Waals surface area contributed by atoms with E-state index in [2.05, 4.69) is 31.5 Å². The third kappa shape index (κ3) is 3.45. The van der Waals surface area contributed by atoms with Gasteiger partial charge in [-0.25, -0.2) is 0 Å². The van der Waals surface area contributed by atoms with Gasteiger partial charge in [0.25, 0.3) is 0 Å². The van der Waals surface area contributed by atoms with Crippen molar-refractivity contribution in [2.24, 2.45) is 11.3 Å². The maximum absolute atomic E-state index is 4.68. The SMILES string of the molecule is CC1CCCCC1N(C)CC1(CS)CCCCC1. The van der Waals surface area contributed by atoms with Gasteiger partial charge in [0, 0.05) is 12.6 Å². The fourth-order valence-electron chi connectivity index (χ4n) is 4.27. The molecule has 2 aliphatic rings. The second-order valence-electron chi connectivity index (χ2n) is 6.96. The molecule has 2 unspecified atom stereocenters. The molecule has 0 bridgehead atoms. The Bertz CT molecular complexity index is 247. The topological polar surface area (TPSA) is 3.24 Å². The molecule has 0 aromatic rings. The molecule has 0 heterocycles. The summed E-state index contributed by atoms with van der Waals surface area (Å²) in [6.45, 7) is 3.74. The van der Waals surface area contributed by atoms with Crippen LogP contribution in [0.1, 0.15) is 64.7 Å². The molecule has 0 aromatic carbocycles. The van der Waals surface area contributed by atoms with Crippen LogP contribution in [0.2, 0.25) is 0 Å².